The Morgan fingerprint density at radius 3 is 1.43 bits per heavy atom. The van der Waals surface area contributed by atoms with Gasteiger partial charge >= 0.3 is 28.4 Å². The summed E-state index contributed by atoms with van der Waals surface area (Å²) in [7, 11) is 0. The number of hydrogen-bond acceptors (Lipinski definition) is 0. The van der Waals surface area contributed by atoms with Crippen LogP contribution in [0.4, 0.5) is 0 Å². The molecule has 1 saturated carbocycles. The molecule has 0 bridgehead atoms. The molecule has 3 heteroatoms. The molecule has 1 fully saturated rings. The summed E-state index contributed by atoms with van der Waals surface area (Å²) in [6, 6.07) is 25.8. The Bertz CT molecular complexity index is 1390. The maximum atomic E-state index is 3.34. The van der Waals surface area contributed by atoms with Crippen molar-refractivity contribution >= 4 is 50.6 Å². The van der Waals surface area contributed by atoms with Crippen LogP contribution in [-0.4, -0.2) is 4.21 Å². The fourth-order valence-electron chi connectivity index (χ4n) is 5.19. The Kier molecular flexibility index (Phi) is 21.4. The van der Waals surface area contributed by atoms with Crippen molar-refractivity contribution in [2.45, 2.75) is 124 Å². The molecule has 0 nitrogen and oxygen atoms in total. The summed E-state index contributed by atoms with van der Waals surface area (Å²) < 4.78 is 3.34. The Morgan fingerprint density at radius 2 is 1.15 bits per heavy atom. The van der Waals surface area contributed by atoms with Gasteiger partial charge < -0.3 is 6.42 Å². The van der Waals surface area contributed by atoms with Crippen LogP contribution in [-0.2, 0) is 35.1 Å². The molecule has 4 aromatic carbocycles. The van der Waals surface area contributed by atoms with Crippen LogP contribution < -0.4 is 0 Å². The molecule has 0 atom stereocenters. The van der Waals surface area contributed by atoms with Gasteiger partial charge in [0.1, 0.15) is 0 Å². The molecule has 0 spiro atoms. The molecule has 4 aromatic rings. The Labute approximate surface area is 316 Å². The first-order valence-electron chi connectivity index (χ1n) is 16.8. The normalized spacial score (nSPS) is 13.3. The van der Waals surface area contributed by atoms with E-state index >= 15 is 0 Å². The summed E-state index contributed by atoms with van der Waals surface area (Å²) in [5.41, 5.74) is 5.99. The molecule has 0 saturated heterocycles. The van der Waals surface area contributed by atoms with Crippen LogP contribution in [0.2, 0.25) is 0 Å². The third kappa shape index (κ3) is 15.2. The first kappa shape index (κ1) is 45.3. The van der Waals surface area contributed by atoms with Crippen molar-refractivity contribution in [1.82, 2.24) is 0 Å². The number of halogens is 2. The summed E-state index contributed by atoms with van der Waals surface area (Å²) >= 11 is 1.30. The molecule has 47 heavy (non-hydrogen) atoms. The van der Waals surface area contributed by atoms with Gasteiger partial charge in [0.15, 0.2) is 0 Å². The van der Waals surface area contributed by atoms with Gasteiger partial charge in [0.25, 0.3) is 0 Å². The fraction of sp³-hybridized carbons (Fsp3) is 0.432. The summed E-state index contributed by atoms with van der Waals surface area (Å²) in [6.45, 7) is 22.5. The molecule has 2 aliphatic rings. The summed E-state index contributed by atoms with van der Waals surface area (Å²) in [5, 5.41) is 5.48. The van der Waals surface area contributed by atoms with Gasteiger partial charge in [-0.05, 0) is 10.8 Å². The van der Waals surface area contributed by atoms with Crippen LogP contribution in [0.3, 0.4) is 0 Å². The molecule has 0 amide bonds. The van der Waals surface area contributed by atoms with Gasteiger partial charge in [-0.2, -0.15) is 54.3 Å². The zero-order chi connectivity index (χ0) is 33.6. The molecule has 2 aliphatic carbocycles. The van der Waals surface area contributed by atoms with Crippen LogP contribution in [0.15, 0.2) is 78.9 Å². The molecule has 0 aromatic heterocycles. The van der Waals surface area contributed by atoms with Crippen molar-refractivity contribution in [2.24, 2.45) is 0 Å². The first-order chi connectivity index (χ1) is 21.3. The van der Waals surface area contributed by atoms with Gasteiger partial charge in [-0.1, -0.05) is 129 Å². The van der Waals surface area contributed by atoms with Gasteiger partial charge in [-0.15, -0.1) is 71.0 Å². The predicted octanol–water partition coefficient (Wildman–Crippen LogP) is 13.9. The van der Waals surface area contributed by atoms with Gasteiger partial charge in [-0.3, -0.25) is 6.08 Å². The van der Waals surface area contributed by atoms with E-state index < -0.39 is 0 Å². The molecule has 6 rings (SSSR count). The van der Waals surface area contributed by atoms with E-state index in [1.807, 2.05) is 12.2 Å². The second-order valence-electron chi connectivity index (χ2n) is 14.7. The monoisotopic (exact) mass is 748 g/mol. The topological polar surface area (TPSA) is 0 Å². The summed E-state index contributed by atoms with van der Waals surface area (Å²) in [5.74, 6) is 1.22. The van der Waals surface area contributed by atoms with Gasteiger partial charge in [-0.25, -0.2) is 12.2 Å². The van der Waals surface area contributed by atoms with E-state index in [0.717, 1.165) is 6.42 Å². The van der Waals surface area contributed by atoms with Gasteiger partial charge in [0.2, 0.25) is 0 Å². The molecular formula is C44H60Cl2Zr-4. The van der Waals surface area contributed by atoms with Gasteiger partial charge in [0, 0.05) is 0 Å². The molecule has 0 N–H and O–H groups in total. The quantitative estimate of drug-likeness (QED) is 0.179. The third-order valence-electron chi connectivity index (χ3n) is 8.26. The predicted molar refractivity (Wildman–Crippen MR) is 214 cm³/mol. The van der Waals surface area contributed by atoms with E-state index in [9.17, 15) is 0 Å². The number of fused-ring (bicyclic) bond motifs is 3. The van der Waals surface area contributed by atoms with Crippen LogP contribution in [0.25, 0.3) is 21.5 Å². The Hall–Kier alpha value is -1.66. The average molecular weight is 751 g/mol. The molecule has 0 heterocycles. The van der Waals surface area contributed by atoms with Crippen molar-refractivity contribution in [3.63, 3.8) is 0 Å². The van der Waals surface area contributed by atoms with Gasteiger partial charge in [0.05, 0.1) is 0 Å². The van der Waals surface area contributed by atoms with Crippen molar-refractivity contribution in [3.8, 4) is 0 Å². The zero-order valence-electron chi connectivity index (χ0n) is 30.8. The number of hydrogen-bond donors (Lipinski definition) is 0. The molecule has 0 radical (unpaired) electrons. The van der Waals surface area contributed by atoms with E-state index in [-0.39, 0.29) is 35.6 Å². The minimum atomic E-state index is 0. The SMILES string of the molecule is CC(C)(C)c1ccc2c(c1)[cH-]c1cc(C(C)(C)C)ccc12.CC(C)c1c[c-]cc(C(C)C)c1.Cl.Cl.[C-]1=CC=CC1.[CH-]1CCCC1.[CH2]=[Zr]. The first-order valence-corrected chi connectivity index (χ1v) is 18.5. The number of allylic oxidation sites excluding steroid dienone is 4. The Morgan fingerprint density at radius 1 is 0.702 bits per heavy atom. The van der Waals surface area contributed by atoms with Crippen LogP contribution in [0.5, 0.6) is 0 Å². The zero-order valence-corrected chi connectivity index (χ0v) is 34.9. The van der Waals surface area contributed by atoms with E-state index in [1.54, 1.807) is 0 Å². The van der Waals surface area contributed by atoms with E-state index in [1.165, 1.54) is 93.7 Å². The Balaban J connectivity index is 0.000000684. The standard InChI is InChI=1S/C21H25.C12H17.C5H9.C5H5.CH2.2ClH.Zr/c1-20(2,3)16-7-9-18-14(12-16)11-15-13-17(21(4,5)6)8-10-19(15)18;1-9(2)11-6-5-7-12(8-11)10(3)4;2*1-2-4-5-3-1;;;;/h7-13H,1-6H3;6-10H,1-4H3;1H,2-5H2;1-3H,4H2;1H2;2*1H;/q4*-1;;;;. The minimum absolute atomic E-state index is 0. The molecule has 258 valence electrons. The second-order valence-corrected chi connectivity index (χ2v) is 14.7. The maximum absolute atomic E-state index is 3.34. The fourth-order valence-corrected chi connectivity index (χ4v) is 5.19. The van der Waals surface area contributed by atoms with Crippen molar-refractivity contribution < 1.29 is 24.2 Å². The molecule has 0 unspecified atom stereocenters. The second kappa shape index (κ2) is 22.1. The van der Waals surface area contributed by atoms with Crippen molar-refractivity contribution in [2.75, 3.05) is 0 Å². The van der Waals surface area contributed by atoms with Crippen LogP contribution in [0.1, 0.15) is 135 Å². The molecule has 0 aliphatic heterocycles. The van der Waals surface area contributed by atoms with E-state index in [2.05, 4.69) is 159 Å². The van der Waals surface area contributed by atoms with E-state index in [4.69, 9.17) is 0 Å². The van der Waals surface area contributed by atoms with Crippen molar-refractivity contribution in [3.05, 3.63) is 120 Å². The summed E-state index contributed by atoms with van der Waals surface area (Å²) in [6.07, 6.45) is 18.0. The van der Waals surface area contributed by atoms with Crippen molar-refractivity contribution in [1.29, 1.82) is 0 Å². The molecular weight excluding hydrogens is 691 g/mol. The summed E-state index contributed by atoms with van der Waals surface area (Å²) in [4.78, 5) is 0. The average Bonchev–Trinajstić information content (AvgIpc) is 3.82. The third-order valence-corrected chi connectivity index (χ3v) is 8.26. The van der Waals surface area contributed by atoms with Crippen LogP contribution >= 0.6 is 24.8 Å². The number of benzene rings is 3. The van der Waals surface area contributed by atoms with E-state index in [0.29, 0.717) is 11.8 Å². The number of rotatable bonds is 2. The van der Waals surface area contributed by atoms with Crippen LogP contribution in [0, 0.1) is 18.6 Å².